The van der Waals surface area contributed by atoms with E-state index < -0.39 is 0 Å². The van der Waals surface area contributed by atoms with Crippen LogP contribution in [-0.4, -0.2) is 35.3 Å². The van der Waals surface area contributed by atoms with E-state index in [1.165, 1.54) is 25.3 Å². The average molecular weight is 555 g/mol. The molecule has 8 heteroatoms. The van der Waals surface area contributed by atoms with E-state index in [2.05, 4.69) is 20.9 Å². The van der Waals surface area contributed by atoms with Crippen LogP contribution in [0.5, 0.6) is 5.75 Å². The van der Waals surface area contributed by atoms with Crippen LogP contribution in [0.25, 0.3) is 10.9 Å². The van der Waals surface area contributed by atoms with Crippen LogP contribution in [0, 0.1) is 0 Å². The third-order valence-electron chi connectivity index (χ3n) is 7.62. The maximum Gasteiger partial charge on any atom is 0.319 e. The summed E-state index contributed by atoms with van der Waals surface area (Å²) in [5.74, 6) is 0.582. The van der Waals surface area contributed by atoms with Crippen molar-refractivity contribution in [3.8, 4) is 5.75 Å². The van der Waals surface area contributed by atoms with Gasteiger partial charge in [0.25, 0.3) is 0 Å². The number of pyridine rings is 1. The number of carbonyl (C=O) groups excluding carboxylic acids is 1. The topological polar surface area (TPSA) is 115 Å². The number of benzene rings is 3. The molecule has 1 aromatic heterocycles. The van der Waals surface area contributed by atoms with Crippen LogP contribution in [0.3, 0.4) is 0 Å². The minimum Gasteiger partial charge on any atom is -0.487 e. The van der Waals surface area contributed by atoms with E-state index in [-0.39, 0.29) is 30.3 Å². The smallest absolute Gasteiger partial charge is 0.319 e. The van der Waals surface area contributed by atoms with Gasteiger partial charge in [0.15, 0.2) is 0 Å². The minimum atomic E-state index is -0.339. The maximum atomic E-state index is 12.5. The molecule has 1 fully saturated rings. The highest BCUT2D eigenvalue weighted by Gasteiger charge is 2.17. The van der Waals surface area contributed by atoms with Crippen molar-refractivity contribution in [2.75, 3.05) is 18.5 Å². The number of H-pyrrole nitrogens is 1. The van der Waals surface area contributed by atoms with E-state index in [4.69, 9.17) is 4.74 Å². The van der Waals surface area contributed by atoms with Crippen molar-refractivity contribution < 1.29 is 14.6 Å². The molecule has 4 aromatic rings. The molecule has 1 unspecified atom stereocenters. The molecule has 1 saturated carbocycles. The summed E-state index contributed by atoms with van der Waals surface area (Å²) >= 11 is 0. The van der Waals surface area contributed by atoms with Crippen molar-refractivity contribution in [2.45, 2.75) is 57.2 Å². The number of aliphatic hydroxyl groups excluding tert-OH is 1. The van der Waals surface area contributed by atoms with Gasteiger partial charge in [-0.05, 0) is 66.8 Å². The Morgan fingerprint density at radius 3 is 2.56 bits per heavy atom. The van der Waals surface area contributed by atoms with Crippen LogP contribution in [0.4, 0.5) is 10.5 Å². The van der Waals surface area contributed by atoms with Crippen molar-refractivity contribution in [3.63, 3.8) is 0 Å². The highest BCUT2D eigenvalue weighted by Crippen LogP contribution is 2.30. The third-order valence-corrected chi connectivity index (χ3v) is 7.62. The number of aromatic nitrogens is 1. The normalized spacial score (nSPS) is 14.5. The van der Waals surface area contributed by atoms with Gasteiger partial charge in [0.2, 0.25) is 5.56 Å². The molecule has 8 nitrogen and oxygen atoms in total. The van der Waals surface area contributed by atoms with Crippen LogP contribution < -0.4 is 26.2 Å². The molecular formula is C33H38N4O4. The monoisotopic (exact) mass is 554 g/mol. The van der Waals surface area contributed by atoms with Gasteiger partial charge in [-0.2, -0.15) is 0 Å². The lowest BCUT2D eigenvalue weighted by atomic mass is 9.96. The molecule has 3 aromatic carbocycles. The summed E-state index contributed by atoms with van der Waals surface area (Å²) < 4.78 is 6.06. The number of rotatable bonds is 11. The van der Waals surface area contributed by atoms with Gasteiger partial charge < -0.3 is 30.8 Å². The number of hydrogen-bond donors (Lipinski definition) is 5. The van der Waals surface area contributed by atoms with Gasteiger partial charge in [0.05, 0.1) is 18.2 Å². The molecule has 0 aliphatic heterocycles. The van der Waals surface area contributed by atoms with Gasteiger partial charge in [-0.3, -0.25) is 4.79 Å². The molecule has 5 N–H and O–H groups in total. The molecule has 0 saturated heterocycles. The fraction of sp³-hybridized carbons (Fsp3) is 0.333. The fourth-order valence-corrected chi connectivity index (χ4v) is 5.48. The van der Waals surface area contributed by atoms with Crippen LogP contribution in [0.15, 0.2) is 83.7 Å². The average Bonchev–Trinajstić information content (AvgIpc) is 2.99. The Morgan fingerprint density at radius 1 is 0.951 bits per heavy atom. The Kier molecular flexibility index (Phi) is 9.67. The zero-order valence-electron chi connectivity index (χ0n) is 23.2. The quantitative estimate of drug-likeness (QED) is 0.170. The van der Waals surface area contributed by atoms with Gasteiger partial charge in [-0.15, -0.1) is 0 Å². The summed E-state index contributed by atoms with van der Waals surface area (Å²) in [5, 5.41) is 20.6. The molecule has 214 valence electrons. The Balaban J connectivity index is 1.22. The molecule has 1 aliphatic rings. The molecule has 1 atom stereocenters. The first-order valence-corrected chi connectivity index (χ1v) is 14.4. The maximum absolute atomic E-state index is 12.5. The first kappa shape index (κ1) is 28.4. The zero-order valence-corrected chi connectivity index (χ0v) is 23.2. The molecule has 2 amide bonds. The summed E-state index contributed by atoms with van der Waals surface area (Å²) in [4.78, 5) is 27.6. The highest BCUT2D eigenvalue weighted by atomic mass is 16.5. The van der Waals surface area contributed by atoms with Crippen LogP contribution in [0.2, 0.25) is 0 Å². The third kappa shape index (κ3) is 7.74. The number of aliphatic hydroxyl groups is 1. The largest absolute Gasteiger partial charge is 0.487 e. The number of aromatic amines is 1. The number of fused-ring (bicyclic) bond motifs is 1. The number of nitrogens with one attached hydrogen (secondary N) is 4. The van der Waals surface area contributed by atoms with Crippen molar-refractivity contribution in [3.05, 3.63) is 106 Å². The molecule has 0 bridgehead atoms. The second-order valence-corrected chi connectivity index (χ2v) is 10.6. The SMILES string of the molecule is O=C(Nc1cccc(CCNC(CO)c2ccc(OCc3ccccc3)c3[nH]c(=O)ccc23)c1)NC1CCCCC1. The van der Waals surface area contributed by atoms with Gasteiger partial charge in [0, 0.05) is 23.2 Å². The van der Waals surface area contributed by atoms with Crippen molar-refractivity contribution in [1.82, 2.24) is 15.6 Å². The van der Waals surface area contributed by atoms with Gasteiger partial charge >= 0.3 is 6.03 Å². The first-order chi connectivity index (χ1) is 20.1. The van der Waals surface area contributed by atoms with Crippen LogP contribution >= 0.6 is 0 Å². The van der Waals surface area contributed by atoms with E-state index in [9.17, 15) is 14.7 Å². The summed E-state index contributed by atoms with van der Waals surface area (Å²) in [6.45, 7) is 0.880. The summed E-state index contributed by atoms with van der Waals surface area (Å²) in [7, 11) is 0. The zero-order chi connectivity index (χ0) is 28.4. The first-order valence-electron chi connectivity index (χ1n) is 14.4. The molecule has 1 heterocycles. The van der Waals surface area contributed by atoms with Crippen molar-refractivity contribution in [2.24, 2.45) is 0 Å². The van der Waals surface area contributed by atoms with E-state index in [0.717, 1.165) is 40.6 Å². The predicted octanol–water partition coefficient (Wildman–Crippen LogP) is 5.43. The van der Waals surface area contributed by atoms with E-state index in [1.807, 2.05) is 66.7 Å². The summed E-state index contributed by atoms with van der Waals surface area (Å²) in [6.07, 6.45) is 6.38. The number of anilines is 1. The lowest BCUT2D eigenvalue weighted by Crippen LogP contribution is -2.39. The fourth-order valence-electron chi connectivity index (χ4n) is 5.48. The van der Waals surface area contributed by atoms with E-state index in [1.54, 1.807) is 6.07 Å². The van der Waals surface area contributed by atoms with Gasteiger partial charge in [0.1, 0.15) is 12.4 Å². The number of carbonyl (C=O) groups is 1. The number of urea groups is 1. The Morgan fingerprint density at radius 2 is 1.76 bits per heavy atom. The molecule has 5 rings (SSSR count). The molecular weight excluding hydrogens is 516 g/mol. The summed E-state index contributed by atoms with van der Waals surface area (Å²) in [5.41, 5.74) is 4.13. The van der Waals surface area contributed by atoms with Gasteiger partial charge in [-0.25, -0.2) is 4.79 Å². The Labute approximate surface area is 240 Å². The lowest BCUT2D eigenvalue weighted by Gasteiger charge is -2.23. The predicted molar refractivity (Wildman–Crippen MR) is 162 cm³/mol. The Hall–Kier alpha value is -4.14. The summed E-state index contributed by atoms with van der Waals surface area (Å²) in [6, 6.07) is 24.5. The molecule has 0 spiro atoms. The standard InChI is InChI=1S/C33H38N4O4/c38-21-29(34-19-18-23-10-7-13-26(20-23)36-33(40)35-25-11-5-2-6-12-25)27-14-16-30(32-28(27)15-17-31(39)37-32)41-22-24-8-3-1-4-9-24/h1,3-4,7-10,13-17,20,25,29,34,38H,2,5-6,11-12,18-19,21-22H2,(H,37,39)(H2,35,36,40). The lowest BCUT2D eigenvalue weighted by molar-refractivity contribution is 0.244. The number of ether oxygens (including phenoxy) is 1. The molecule has 1 aliphatic carbocycles. The van der Waals surface area contributed by atoms with Crippen molar-refractivity contribution >= 4 is 22.6 Å². The number of amides is 2. The molecule has 41 heavy (non-hydrogen) atoms. The van der Waals surface area contributed by atoms with Crippen molar-refractivity contribution in [1.29, 1.82) is 0 Å². The Bertz CT molecular complexity index is 1500. The minimum absolute atomic E-state index is 0.110. The second-order valence-electron chi connectivity index (χ2n) is 10.6. The van der Waals surface area contributed by atoms with E-state index >= 15 is 0 Å². The van der Waals surface area contributed by atoms with Crippen LogP contribution in [-0.2, 0) is 13.0 Å². The van der Waals surface area contributed by atoms with E-state index in [0.29, 0.717) is 30.8 Å². The van der Waals surface area contributed by atoms with Crippen LogP contribution in [0.1, 0.15) is 54.8 Å². The second kappa shape index (κ2) is 14.0. The highest BCUT2D eigenvalue weighted by molar-refractivity contribution is 5.89. The van der Waals surface area contributed by atoms with Gasteiger partial charge in [-0.1, -0.05) is 67.8 Å². The number of hydrogen-bond acceptors (Lipinski definition) is 5. The molecule has 0 radical (unpaired) electrons.